The summed E-state index contributed by atoms with van der Waals surface area (Å²) in [4.78, 5) is 28.3. The topological polar surface area (TPSA) is 52.7 Å². The third-order valence-corrected chi connectivity index (χ3v) is 6.82. The van der Waals surface area contributed by atoms with Crippen LogP contribution in [0.5, 0.6) is 0 Å². The Labute approximate surface area is 163 Å². The fourth-order valence-corrected chi connectivity index (χ4v) is 5.01. The van der Waals surface area contributed by atoms with Crippen molar-refractivity contribution < 1.29 is 9.59 Å². The van der Waals surface area contributed by atoms with Gasteiger partial charge in [-0.1, -0.05) is 30.3 Å². The lowest BCUT2D eigenvalue weighted by Gasteiger charge is -2.48. The van der Waals surface area contributed by atoms with E-state index in [1.807, 2.05) is 4.90 Å². The lowest BCUT2D eigenvalue weighted by molar-refractivity contribution is -0.128. The van der Waals surface area contributed by atoms with E-state index < -0.39 is 0 Å². The van der Waals surface area contributed by atoms with Crippen LogP contribution < -0.4 is 5.32 Å². The second-order valence-corrected chi connectivity index (χ2v) is 8.56. The van der Waals surface area contributed by atoms with Crippen LogP contribution in [0.15, 0.2) is 30.3 Å². The second kappa shape index (κ2) is 8.01. The molecule has 0 radical (unpaired) electrons. The van der Waals surface area contributed by atoms with Gasteiger partial charge in [0.15, 0.2) is 0 Å². The Bertz CT molecular complexity index is 663. The van der Waals surface area contributed by atoms with Crippen LogP contribution in [0, 0.1) is 5.41 Å². The molecule has 0 bridgehead atoms. The highest BCUT2D eigenvalue weighted by Gasteiger charge is 2.49. The number of hydrogen-bond donors (Lipinski definition) is 1. The predicted octanol–water partition coefficient (Wildman–Crippen LogP) is 2.76. The second-order valence-electron chi connectivity index (χ2n) is 8.56. The maximum absolute atomic E-state index is 12.6. The molecular formula is C22H33N3O2. The average Bonchev–Trinajstić information content (AvgIpc) is 2.98. The average molecular weight is 372 g/mol. The molecule has 27 heavy (non-hydrogen) atoms. The molecule has 0 unspecified atom stereocenters. The van der Waals surface area contributed by atoms with Gasteiger partial charge in [0.2, 0.25) is 11.8 Å². The minimum atomic E-state index is 0.0488. The van der Waals surface area contributed by atoms with Gasteiger partial charge in [-0.25, -0.2) is 0 Å². The predicted molar refractivity (Wildman–Crippen MR) is 107 cm³/mol. The highest BCUT2D eigenvalue weighted by Crippen LogP contribution is 2.52. The van der Waals surface area contributed by atoms with E-state index in [0.29, 0.717) is 19.4 Å². The van der Waals surface area contributed by atoms with Crippen molar-refractivity contribution in [3.05, 3.63) is 35.9 Å². The summed E-state index contributed by atoms with van der Waals surface area (Å²) in [5.74, 6) is 0.316. The van der Waals surface area contributed by atoms with Gasteiger partial charge in [-0.05, 0) is 57.2 Å². The van der Waals surface area contributed by atoms with Gasteiger partial charge in [0, 0.05) is 38.5 Å². The van der Waals surface area contributed by atoms with Crippen LogP contribution in [0.4, 0.5) is 0 Å². The Morgan fingerprint density at radius 1 is 1.15 bits per heavy atom. The largest absolute Gasteiger partial charge is 0.359 e. The Balaban J connectivity index is 1.64. The molecule has 1 saturated carbocycles. The molecule has 1 heterocycles. The summed E-state index contributed by atoms with van der Waals surface area (Å²) < 4.78 is 0. The van der Waals surface area contributed by atoms with Crippen LogP contribution in [0.25, 0.3) is 0 Å². The molecule has 2 aliphatic rings. The Kier molecular flexibility index (Phi) is 5.89. The molecule has 3 rings (SSSR count). The normalized spacial score (nSPS) is 28.1. The van der Waals surface area contributed by atoms with Gasteiger partial charge in [0.1, 0.15) is 0 Å². The monoisotopic (exact) mass is 371 g/mol. The minimum Gasteiger partial charge on any atom is -0.359 e. The molecule has 1 N–H and O–H groups in total. The van der Waals surface area contributed by atoms with Crippen molar-refractivity contribution in [2.24, 2.45) is 5.41 Å². The van der Waals surface area contributed by atoms with Crippen LogP contribution in [0.3, 0.4) is 0 Å². The van der Waals surface area contributed by atoms with Crippen molar-refractivity contribution in [2.45, 2.75) is 50.5 Å². The van der Waals surface area contributed by atoms with E-state index in [4.69, 9.17) is 0 Å². The lowest BCUT2D eigenvalue weighted by atomic mass is 9.64. The Hall–Kier alpha value is -1.88. The summed E-state index contributed by atoms with van der Waals surface area (Å²) in [6.45, 7) is 1.56. The van der Waals surface area contributed by atoms with E-state index in [0.717, 1.165) is 38.6 Å². The molecule has 1 aliphatic heterocycles. The number of carbonyl (C=O) groups is 2. The van der Waals surface area contributed by atoms with E-state index in [9.17, 15) is 9.59 Å². The molecule has 0 atom stereocenters. The van der Waals surface area contributed by atoms with Crippen LogP contribution in [-0.2, 0) is 15.1 Å². The fraction of sp³-hybridized carbons (Fsp3) is 0.636. The molecule has 0 aromatic heterocycles. The molecule has 5 heteroatoms. The molecule has 1 aromatic rings. The van der Waals surface area contributed by atoms with E-state index in [1.165, 1.54) is 5.56 Å². The summed E-state index contributed by atoms with van der Waals surface area (Å²) in [5, 5.41) is 2.65. The van der Waals surface area contributed by atoms with Gasteiger partial charge < -0.3 is 10.2 Å². The van der Waals surface area contributed by atoms with Crippen molar-refractivity contribution in [3.8, 4) is 0 Å². The molecule has 1 saturated heterocycles. The molecule has 1 aromatic carbocycles. The number of nitrogens with one attached hydrogen (secondary N) is 1. The summed E-state index contributed by atoms with van der Waals surface area (Å²) in [6.07, 6.45) is 6.24. The molecule has 5 nitrogen and oxygen atoms in total. The number of nitrogens with zero attached hydrogens (tertiary/aromatic N) is 2. The molecular weight excluding hydrogens is 338 g/mol. The number of rotatable bonds is 6. The zero-order valence-corrected chi connectivity index (χ0v) is 17.0. The third-order valence-electron chi connectivity index (χ3n) is 6.82. The van der Waals surface area contributed by atoms with Crippen LogP contribution in [-0.4, -0.2) is 55.8 Å². The van der Waals surface area contributed by atoms with Crippen molar-refractivity contribution in [3.63, 3.8) is 0 Å². The highest BCUT2D eigenvalue weighted by molar-refractivity contribution is 5.79. The van der Waals surface area contributed by atoms with E-state index in [1.54, 1.807) is 7.05 Å². The van der Waals surface area contributed by atoms with E-state index >= 15 is 0 Å². The summed E-state index contributed by atoms with van der Waals surface area (Å²) in [6, 6.07) is 10.8. The highest BCUT2D eigenvalue weighted by atomic mass is 16.2. The van der Waals surface area contributed by atoms with Crippen molar-refractivity contribution in [1.82, 2.24) is 15.1 Å². The number of hydrogen-bond acceptors (Lipinski definition) is 3. The smallest absolute Gasteiger partial charge is 0.223 e. The van der Waals surface area contributed by atoms with Crippen molar-refractivity contribution >= 4 is 11.8 Å². The first-order chi connectivity index (χ1) is 12.9. The maximum atomic E-state index is 12.6. The quantitative estimate of drug-likeness (QED) is 0.837. The molecule has 2 fully saturated rings. The lowest BCUT2D eigenvalue weighted by Crippen LogP contribution is -2.47. The summed E-state index contributed by atoms with van der Waals surface area (Å²) in [7, 11) is 6.01. The molecule has 148 valence electrons. The van der Waals surface area contributed by atoms with Gasteiger partial charge in [0.05, 0.1) is 0 Å². The Morgan fingerprint density at radius 2 is 1.81 bits per heavy atom. The number of benzene rings is 1. The van der Waals surface area contributed by atoms with Gasteiger partial charge in [-0.3, -0.25) is 14.5 Å². The van der Waals surface area contributed by atoms with Crippen molar-refractivity contribution in [2.75, 3.05) is 34.2 Å². The fourth-order valence-electron chi connectivity index (χ4n) is 5.01. The number of carbonyl (C=O) groups excluding carboxylic acids is 2. The summed E-state index contributed by atoms with van der Waals surface area (Å²) >= 11 is 0. The van der Waals surface area contributed by atoms with E-state index in [2.05, 4.69) is 54.6 Å². The SMILES string of the molecule is CNC(=O)CCCN1CC2(CCC(c3ccccc3)(N(C)C)CC2)CC1=O. The molecule has 2 amide bonds. The van der Waals surface area contributed by atoms with Gasteiger partial charge >= 0.3 is 0 Å². The number of amides is 2. The first-order valence-electron chi connectivity index (χ1n) is 10.1. The van der Waals surface area contributed by atoms with Gasteiger partial charge in [0.25, 0.3) is 0 Å². The first kappa shape index (κ1) is 19.9. The van der Waals surface area contributed by atoms with E-state index in [-0.39, 0.29) is 22.8 Å². The van der Waals surface area contributed by atoms with Crippen LogP contribution >= 0.6 is 0 Å². The first-order valence-corrected chi connectivity index (χ1v) is 10.1. The third kappa shape index (κ3) is 4.03. The minimum absolute atomic E-state index is 0.0488. The zero-order valence-electron chi connectivity index (χ0n) is 17.0. The molecule has 1 aliphatic carbocycles. The number of likely N-dealkylation sites (tertiary alicyclic amines) is 1. The zero-order chi connectivity index (χ0) is 19.5. The van der Waals surface area contributed by atoms with Crippen molar-refractivity contribution in [1.29, 1.82) is 0 Å². The molecule has 1 spiro atoms. The van der Waals surface area contributed by atoms with Crippen LogP contribution in [0.1, 0.15) is 50.5 Å². The summed E-state index contributed by atoms with van der Waals surface area (Å²) in [5.41, 5.74) is 1.58. The van der Waals surface area contributed by atoms with Crippen LogP contribution in [0.2, 0.25) is 0 Å². The van der Waals surface area contributed by atoms with Gasteiger partial charge in [-0.2, -0.15) is 0 Å². The standard InChI is InChI=1S/C22H33N3O2/c1-23-19(26)10-7-15-25-17-21(16-20(25)27)11-13-22(14-12-21,24(2)3)18-8-5-4-6-9-18/h4-6,8-9H,7,10-17H2,1-3H3,(H,23,26). The van der Waals surface area contributed by atoms with Gasteiger partial charge in [-0.15, -0.1) is 0 Å². The Morgan fingerprint density at radius 3 is 2.41 bits per heavy atom. The maximum Gasteiger partial charge on any atom is 0.223 e.